The summed E-state index contributed by atoms with van der Waals surface area (Å²) in [4.78, 5) is 19.2. The van der Waals surface area contributed by atoms with Gasteiger partial charge in [0.1, 0.15) is 28.0 Å². The summed E-state index contributed by atoms with van der Waals surface area (Å²) in [5, 5.41) is 19.8. The van der Waals surface area contributed by atoms with Crippen molar-refractivity contribution >= 4 is 39.2 Å². The number of methoxy groups -OCH3 is 1. The SMILES string of the molecule is COc1nc(-c2c(C)c(Cl)cc3[nH]ncc23)c(F)c2nc(OC[C@]34CCC[C@H]3N(C3CC5(CCCOC5)C3)CCC4)nc(N3CCOC[C@@](C)(O)C3)c12. The third kappa shape index (κ3) is 6.11. The zero-order chi connectivity index (χ0) is 36.5. The average molecular weight is 750 g/mol. The lowest BCUT2D eigenvalue weighted by Crippen LogP contribution is -2.61. The van der Waals surface area contributed by atoms with Gasteiger partial charge in [-0.3, -0.25) is 10.00 Å². The zero-order valence-electron chi connectivity index (χ0n) is 30.8. The molecule has 0 unspecified atom stereocenters. The number of piperidine rings is 1. The van der Waals surface area contributed by atoms with Crippen molar-refractivity contribution < 1.29 is 28.4 Å². The van der Waals surface area contributed by atoms with Crippen LogP contribution in [0.4, 0.5) is 10.2 Å². The molecule has 1 spiro atoms. The second-order valence-corrected chi connectivity index (χ2v) is 17.0. The fourth-order valence-electron chi connectivity index (χ4n) is 10.4. The van der Waals surface area contributed by atoms with Gasteiger partial charge in [-0.15, -0.1) is 0 Å². The van der Waals surface area contributed by atoms with Gasteiger partial charge >= 0.3 is 6.01 Å². The number of aliphatic hydroxyl groups is 1. The lowest BCUT2D eigenvalue weighted by molar-refractivity contribution is -0.125. The molecule has 53 heavy (non-hydrogen) atoms. The van der Waals surface area contributed by atoms with E-state index in [-0.39, 0.29) is 41.7 Å². The molecule has 284 valence electrons. The van der Waals surface area contributed by atoms with Crippen LogP contribution in [0, 0.1) is 23.6 Å². The molecule has 3 aliphatic heterocycles. The highest BCUT2D eigenvalue weighted by Crippen LogP contribution is 2.55. The summed E-state index contributed by atoms with van der Waals surface area (Å²) < 4.78 is 41.5. The summed E-state index contributed by atoms with van der Waals surface area (Å²) in [6.07, 6.45) is 12.1. The van der Waals surface area contributed by atoms with Gasteiger partial charge in [0.15, 0.2) is 5.82 Å². The molecule has 0 amide bonds. The lowest BCUT2D eigenvalue weighted by atomic mass is 9.61. The number of likely N-dealkylation sites (tertiary alicyclic amines) is 1. The first-order valence-electron chi connectivity index (χ1n) is 19.2. The molecule has 0 radical (unpaired) electrons. The number of nitrogens with zero attached hydrogens (tertiary/aromatic N) is 6. The number of halogens is 2. The van der Waals surface area contributed by atoms with Crippen molar-refractivity contribution in [1.82, 2.24) is 30.0 Å². The van der Waals surface area contributed by atoms with Gasteiger partial charge < -0.3 is 29.0 Å². The Morgan fingerprint density at radius 2 is 1.91 bits per heavy atom. The van der Waals surface area contributed by atoms with Crippen LogP contribution < -0.4 is 14.4 Å². The number of fused-ring (bicyclic) bond motifs is 3. The van der Waals surface area contributed by atoms with E-state index < -0.39 is 11.4 Å². The third-order valence-electron chi connectivity index (χ3n) is 12.9. The summed E-state index contributed by atoms with van der Waals surface area (Å²) in [6, 6.07) is 2.88. The predicted octanol–water partition coefficient (Wildman–Crippen LogP) is 6.24. The Morgan fingerprint density at radius 1 is 1.08 bits per heavy atom. The van der Waals surface area contributed by atoms with Gasteiger partial charge in [0.05, 0.1) is 51.8 Å². The van der Waals surface area contributed by atoms with Crippen LogP contribution >= 0.6 is 11.6 Å². The fraction of sp³-hybridized carbons (Fsp3) is 0.641. The van der Waals surface area contributed by atoms with Crippen LogP contribution in [0.2, 0.25) is 5.02 Å². The second-order valence-electron chi connectivity index (χ2n) is 16.6. The third-order valence-corrected chi connectivity index (χ3v) is 13.3. The standard InChI is InChI=1S/C39H49ClFN7O5/c1-23-26(40)15-27-25(18-42-46-27)29(23)32-31(41)33-30(35(43-32)50-3)34(47-12-14-52-20-37(2,49)19-47)45-36(44-33)53-22-39-9-4-7-28(39)48(11-5-10-39)24-16-38(17-24)8-6-13-51-21-38/h15,18,24,28,49H,4-14,16-17,19-22H2,1-3H3,(H,42,46)/t24?,28-,37+,38?,39-/m1/s1. The number of aromatic amines is 1. The molecule has 3 atom stereocenters. The number of ether oxygens (including phenoxy) is 4. The number of rotatable bonds is 7. The fourth-order valence-corrected chi connectivity index (χ4v) is 10.6. The van der Waals surface area contributed by atoms with Gasteiger partial charge in [-0.05, 0) is 88.8 Å². The molecule has 5 aliphatic rings. The van der Waals surface area contributed by atoms with Crippen LogP contribution in [-0.4, -0.2) is 113 Å². The number of hydrogen-bond acceptors (Lipinski definition) is 11. The number of β-amino-alcohol motifs (C(OH)–C–C–N with tert-alkyl or cyclic N) is 1. The molecule has 3 saturated heterocycles. The summed E-state index contributed by atoms with van der Waals surface area (Å²) in [5.74, 6) is -0.119. The first-order valence-corrected chi connectivity index (χ1v) is 19.6. The van der Waals surface area contributed by atoms with Crippen molar-refractivity contribution in [1.29, 1.82) is 0 Å². The maximum absolute atomic E-state index is 17.3. The van der Waals surface area contributed by atoms with E-state index in [4.69, 9.17) is 45.5 Å². The largest absolute Gasteiger partial charge is 0.480 e. The van der Waals surface area contributed by atoms with Crippen LogP contribution in [0.15, 0.2) is 12.3 Å². The zero-order valence-corrected chi connectivity index (χ0v) is 31.6. The highest BCUT2D eigenvalue weighted by molar-refractivity contribution is 6.33. The Morgan fingerprint density at radius 3 is 2.72 bits per heavy atom. The number of aromatic nitrogens is 5. The quantitative estimate of drug-likeness (QED) is 0.223. The number of nitrogens with one attached hydrogen (secondary N) is 1. The van der Waals surface area contributed by atoms with Gasteiger partial charge in [0, 0.05) is 46.6 Å². The molecule has 6 heterocycles. The van der Waals surface area contributed by atoms with Crippen LogP contribution in [0.25, 0.3) is 33.1 Å². The van der Waals surface area contributed by atoms with Crippen molar-refractivity contribution in [2.24, 2.45) is 10.8 Å². The minimum atomic E-state index is -1.18. The Hall–Kier alpha value is -3.36. The van der Waals surface area contributed by atoms with Crippen molar-refractivity contribution in [3.05, 3.63) is 28.7 Å². The molecule has 4 aromatic rings. The molecule has 12 nitrogen and oxygen atoms in total. The molecular weight excluding hydrogens is 701 g/mol. The maximum atomic E-state index is 17.3. The van der Waals surface area contributed by atoms with Crippen molar-refractivity contribution in [3.63, 3.8) is 0 Å². The van der Waals surface area contributed by atoms with Crippen LogP contribution in [0.3, 0.4) is 0 Å². The summed E-state index contributed by atoms with van der Waals surface area (Å²) in [5.41, 5.74) is 1.03. The minimum Gasteiger partial charge on any atom is -0.480 e. The van der Waals surface area contributed by atoms with Gasteiger partial charge in [-0.1, -0.05) is 18.0 Å². The van der Waals surface area contributed by atoms with E-state index in [0.717, 1.165) is 51.9 Å². The van der Waals surface area contributed by atoms with Gasteiger partial charge in [-0.25, -0.2) is 9.37 Å². The second kappa shape index (κ2) is 13.4. The first-order chi connectivity index (χ1) is 25.6. The van der Waals surface area contributed by atoms with Gasteiger partial charge in [-0.2, -0.15) is 15.1 Å². The molecule has 0 bridgehead atoms. The molecule has 14 heteroatoms. The number of hydrogen-bond donors (Lipinski definition) is 2. The first kappa shape index (κ1) is 35.3. The maximum Gasteiger partial charge on any atom is 0.319 e. The topological polar surface area (TPSA) is 131 Å². The Kier molecular flexibility index (Phi) is 8.96. The molecule has 2 saturated carbocycles. The van der Waals surface area contributed by atoms with Crippen molar-refractivity contribution in [3.8, 4) is 23.1 Å². The smallest absolute Gasteiger partial charge is 0.319 e. The molecule has 3 aromatic heterocycles. The monoisotopic (exact) mass is 749 g/mol. The van der Waals surface area contributed by atoms with Crippen molar-refractivity contribution in [2.75, 3.05) is 64.7 Å². The van der Waals surface area contributed by atoms with Gasteiger partial charge in [0.2, 0.25) is 5.88 Å². The molecule has 2 N–H and O–H groups in total. The number of H-pyrrole nitrogens is 1. The van der Waals surface area contributed by atoms with E-state index in [1.54, 1.807) is 19.2 Å². The Labute approximate surface area is 313 Å². The van der Waals surface area contributed by atoms with E-state index in [1.807, 2.05) is 11.8 Å². The normalized spacial score (nSPS) is 30.8. The van der Waals surface area contributed by atoms with Crippen molar-refractivity contribution in [2.45, 2.75) is 89.3 Å². The van der Waals surface area contributed by atoms with E-state index in [1.165, 1.54) is 32.8 Å². The van der Waals surface area contributed by atoms with E-state index in [9.17, 15) is 5.11 Å². The summed E-state index contributed by atoms with van der Waals surface area (Å²) in [7, 11) is 1.50. The molecule has 9 rings (SSSR count). The summed E-state index contributed by atoms with van der Waals surface area (Å²) >= 11 is 6.65. The van der Waals surface area contributed by atoms with Crippen LogP contribution in [-0.2, 0) is 9.47 Å². The minimum absolute atomic E-state index is 0.0212. The van der Waals surface area contributed by atoms with Crippen LogP contribution in [0.1, 0.15) is 70.3 Å². The van der Waals surface area contributed by atoms with Gasteiger partial charge in [0.25, 0.3) is 0 Å². The Bertz CT molecular complexity index is 2030. The Balaban J connectivity index is 1.11. The average Bonchev–Trinajstić information content (AvgIpc) is 3.75. The highest BCUT2D eigenvalue weighted by Gasteiger charge is 2.55. The molecular formula is C39H49ClFN7O5. The predicted molar refractivity (Wildman–Crippen MR) is 199 cm³/mol. The molecule has 2 aliphatic carbocycles. The highest BCUT2D eigenvalue weighted by atomic mass is 35.5. The van der Waals surface area contributed by atoms with E-state index in [2.05, 4.69) is 15.1 Å². The number of anilines is 1. The lowest BCUT2D eigenvalue weighted by Gasteiger charge is -2.58. The number of benzene rings is 1. The summed E-state index contributed by atoms with van der Waals surface area (Å²) in [6.45, 7) is 8.03. The molecule has 1 aromatic carbocycles. The van der Waals surface area contributed by atoms with Crippen LogP contribution in [0.5, 0.6) is 11.9 Å². The molecule has 5 fully saturated rings. The van der Waals surface area contributed by atoms with E-state index in [0.29, 0.717) is 75.5 Å². The van der Waals surface area contributed by atoms with E-state index >= 15 is 4.39 Å². The number of pyridine rings is 1.